The van der Waals surface area contributed by atoms with E-state index < -0.39 is 12.5 Å². The molecule has 3 rings (SSSR count). The van der Waals surface area contributed by atoms with E-state index in [1.807, 2.05) is 0 Å². The zero-order valence-corrected chi connectivity index (χ0v) is 14.1. The number of carbonyl (C=O) groups is 2. The summed E-state index contributed by atoms with van der Waals surface area (Å²) in [6, 6.07) is 5.20. The van der Waals surface area contributed by atoms with Gasteiger partial charge in [-0.15, -0.1) is 0 Å². The predicted molar refractivity (Wildman–Crippen MR) is 90.1 cm³/mol. The van der Waals surface area contributed by atoms with Crippen LogP contribution in [0.4, 0.5) is 0 Å². The number of fused-ring (bicyclic) bond motifs is 1. The minimum absolute atomic E-state index is 0.178. The molecule has 2 heterocycles. The van der Waals surface area contributed by atoms with E-state index in [-0.39, 0.29) is 17.0 Å². The molecule has 0 atom stereocenters. The number of nitrogens with zero attached hydrogens (tertiary/aromatic N) is 2. The van der Waals surface area contributed by atoms with E-state index in [1.165, 1.54) is 6.20 Å². The number of amides is 2. The molecule has 0 saturated carbocycles. The van der Waals surface area contributed by atoms with Gasteiger partial charge in [0.2, 0.25) is 0 Å². The SMILES string of the molecule is NC(=O)c1cn2c(c1CO)C(=O)N(Cc1ccc(Cl)c(Cl)c1)CC2. The summed E-state index contributed by atoms with van der Waals surface area (Å²) in [7, 11) is 0. The Hall–Kier alpha value is -2.02. The van der Waals surface area contributed by atoms with Gasteiger partial charge < -0.3 is 20.3 Å². The van der Waals surface area contributed by atoms with Crippen molar-refractivity contribution in [3.8, 4) is 0 Å². The van der Waals surface area contributed by atoms with Crippen molar-refractivity contribution in [2.24, 2.45) is 5.73 Å². The summed E-state index contributed by atoms with van der Waals surface area (Å²) in [5.41, 5.74) is 6.92. The zero-order valence-electron chi connectivity index (χ0n) is 12.6. The number of hydrogen-bond donors (Lipinski definition) is 2. The van der Waals surface area contributed by atoms with Crippen molar-refractivity contribution in [2.75, 3.05) is 6.54 Å². The van der Waals surface area contributed by atoms with Crippen molar-refractivity contribution in [3.63, 3.8) is 0 Å². The van der Waals surface area contributed by atoms with Crippen LogP contribution >= 0.6 is 23.2 Å². The van der Waals surface area contributed by atoms with Gasteiger partial charge >= 0.3 is 0 Å². The summed E-state index contributed by atoms with van der Waals surface area (Å²) in [6.07, 6.45) is 1.53. The van der Waals surface area contributed by atoms with Gasteiger partial charge in [0.25, 0.3) is 11.8 Å². The molecule has 1 aliphatic heterocycles. The van der Waals surface area contributed by atoms with Crippen LogP contribution in [0.1, 0.15) is 32.0 Å². The summed E-state index contributed by atoms with van der Waals surface area (Å²) in [5, 5.41) is 10.4. The number of halogens is 2. The first kappa shape index (κ1) is 16.8. The summed E-state index contributed by atoms with van der Waals surface area (Å²) >= 11 is 11.9. The van der Waals surface area contributed by atoms with Crippen molar-refractivity contribution in [3.05, 3.63) is 56.8 Å². The van der Waals surface area contributed by atoms with Crippen molar-refractivity contribution in [1.82, 2.24) is 9.47 Å². The first-order chi connectivity index (χ1) is 11.4. The first-order valence-corrected chi connectivity index (χ1v) is 8.03. The van der Waals surface area contributed by atoms with Crippen molar-refractivity contribution >= 4 is 35.0 Å². The lowest BCUT2D eigenvalue weighted by molar-refractivity contribution is 0.0686. The van der Waals surface area contributed by atoms with Crippen molar-refractivity contribution in [1.29, 1.82) is 0 Å². The number of aliphatic hydroxyl groups excluding tert-OH is 1. The van der Waals surface area contributed by atoms with Crippen LogP contribution in [0.25, 0.3) is 0 Å². The monoisotopic (exact) mass is 367 g/mol. The third-order valence-electron chi connectivity index (χ3n) is 4.06. The molecule has 1 aliphatic rings. The van der Waals surface area contributed by atoms with Crippen LogP contribution in [0.2, 0.25) is 10.0 Å². The highest BCUT2D eigenvalue weighted by molar-refractivity contribution is 6.42. The van der Waals surface area contributed by atoms with Crippen LogP contribution in [-0.4, -0.2) is 32.9 Å². The highest BCUT2D eigenvalue weighted by atomic mass is 35.5. The molecule has 0 saturated heterocycles. The minimum atomic E-state index is -0.662. The summed E-state index contributed by atoms with van der Waals surface area (Å²) in [5.74, 6) is -0.923. The standard InChI is InChI=1S/C16H15Cl2N3O3/c17-12-2-1-9(5-13(12)18)6-21-4-3-20-7-10(15(19)23)11(8-22)14(20)16(21)24/h1-2,5,7,22H,3-4,6,8H2,(H2,19,23). The zero-order chi connectivity index (χ0) is 17.4. The Kier molecular flexibility index (Phi) is 4.54. The molecule has 1 aromatic heterocycles. The average Bonchev–Trinajstić information content (AvgIpc) is 2.93. The lowest BCUT2D eigenvalue weighted by Crippen LogP contribution is -2.39. The molecule has 0 bridgehead atoms. The van der Waals surface area contributed by atoms with Crippen molar-refractivity contribution < 1.29 is 14.7 Å². The van der Waals surface area contributed by atoms with Gasteiger partial charge in [-0.05, 0) is 17.7 Å². The van der Waals surface area contributed by atoms with Crippen LogP contribution < -0.4 is 5.73 Å². The molecule has 0 spiro atoms. The molecule has 1 aromatic carbocycles. The maximum atomic E-state index is 12.8. The molecule has 8 heteroatoms. The maximum absolute atomic E-state index is 12.8. The van der Waals surface area contributed by atoms with E-state index in [0.29, 0.717) is 35.4 Å². The molecule has 0 aliphatic carbocycles. The van der Waals surface area contributed by atoms with Crippen LogP contribution in [0.15, 0.2) is 24.4 Å². The van der Waals surface area contributed by atoms with Gasteiger partial charge in [0.15, 0.2) is 0 Å². The second kappa shape index (κ2) is 6.47. The Bertz CT molecular complexity index is 832. The van der Waals surface area contributed by atoms with Gasteiger partial charge in [0, 0.05) is 31.4 Å². The van der Waals surface area contributed by atoms with Gasteiger partial charge in [-0.25, -0.2) is 0 Å². The Labute approximate surface area is 148 Å². The Balaban J connectivity index is 1.91. The molecule has 0 radical (unpaired) electrons. The summed E-state index contributed by atoms with van der Waals surface area (Å²) < 4.78 is 1.67. The normalized spacial score (nSPS) is 14.0. The summed E-state index contributed by atoms with van der Waals surface area (Å²) in [4.78, 5) is 25.9. The van der Waals surface area contributed by atoms with Gasteiger partial charge in [0.05, 0.1) is 22.2 Å². The molecule has 24 heavy (non-hydrogen) atoms. The largest absolute Gasteiger partial charge is 0.392 e. The topological polar surface area (TPSA) is 88.6 Å². The highest BCUT2D eigenvalue weighted by Crippen LogP contribution is 2.26. The Morgan fingerprint density at radius 1 is 1.25 bits per heavy atom. The van der Waals surface area contributed by atoms with E-state index in [2.05, 4.69) is 0 Å². The number of carbonyl (C=O) groups excluding carboxylic acids is 2. The number of primary amides is 1. The lowest BCUT2D eigenvalue weighted by Gasteiger charge is -2.29. The first-order valence-electron chi connectivity index (χ1n) is 7.28. The second-order valence-electron chi connectivity index (χ2n) is 5.56. The van der Waals surface area contributed by atoms with Gasteiger partial charge in [0.1, 0.15) is 5.69 Å². The van der Waals surface area contributed by atoms with Gasteiger partial charge in [-0.1, -0.05) is 29.3 Å². The maximum Gasteiger partial charge on any atom is 0.271 e. The molecular formula is C16H15Cl2N3O3. The van der Waals surface area contributed by atoms with Crippen LogP contribution in [0.3, 0.4) is 0 Å². The molecule has 3 N–H and O–H groups in total. The minimum Gasteiger partial charge on any atom is -0.392 e. The number of nitrogens with two attached hydrogens (primary N) is 1. The third-order valence-corrected chi connectivity index (χ3v) is 4.80. The fourth-order valence-electron chi connectivity index (χ4n) is 2.89. The van der Waals surface area contributed by atoms with Gasteiger partial charge in [-0.2, -0.15) is 0 Å². The number of rotatable bonds is 4. The molecule has 2 amide bonds. The van der Waals surface area contributed by atoms with Crippen LogP contribution in [-0.2, 0) is 19.7 Å². The fraction of sp³-hybridized carbons (Fsp3) is 0.250. The Morgan fingerprint density at radius 2 is 2.00 bits per heavy atom. The fourth-order valence-corrected chi connectivity index (χ4v) is 3.21. The third kappa shape index (κ3) is 2.88. The van der Waals surface area contributed by atoms with Crippen molar-refractivity contribution in [2.45, 2.75) is 19.7 Å². The van der Waals surface area contributed by atoms with Gasteiger partial charge in [-0.3, -0.25) is 9.59 Å². The lowest BCUT2D eigenvalue weighted by atomic mass is 10.1. The quantitative estimate of drug-likeness (QED) is 0.866. The molecule has 6 nitrogen and oxygen atoms in total. The smallest absolute Gasteiger partial charge is 0.271 e. The second-order valence-corrected chi connectivity index (χ2v) is 6.38. The summed E-state index contributed by atoms with van der Waals surface area (Å²) in [6.45, 7) is 0.928. The van der Waals surface area contributed by atoms with E-state index in [4.69, 9.17) is 28.9 Å². The number of hydrogen-bond acceptors (Lipinski definition) is 3. The van der Waals surface area contributed by atoms with E-state index in [1.54, 1.807) is 27.7 Å². The van der Waals surface area contributed by atoms with Crippen LogP contribution in [0, 0.1) is 0 Å². The van der Waals surface area contributed by atoms with E-state index in [9.17, 15) is 14.7 Å². The van der Waals surface area contributed by atoms with Crippen LogP contribution in [0.5, 0.6) is 0 Å². The number of benzene rings is 1. The number of aromatic nitrogens is 1. The number of aliphatic hydroxyl groups is 1. The molecule has 126 valence electrons. The van der Waals surface area contributed by atoms with E-state index >= 15 is 0 Å². The Morgan fingerprint density at radius 3 is 2.62 bits per heavy atom. The molecule has 0 fully saturated rings. The molecular weight excluding hydrogens is 353 g/mol. The van der Waals surface area contributed by atoms with E-state index in [0.717, 1.165) is 5.56 Å². The predicted octanol–water partition coefficient (Wildman–Crippen LogP) is 2.04. The highest BCUT2D eigenvalue weighted by Gasteiger charge is 2.30. The molecule has 2 aromatic rings. The molecule has 0 unspecified atom stereocenters. The average molecular weight is 368 g/mol.